The van der Waals surface area contributed by atoms with E-state index >= 15 is 0 Å². The molecule has 2 aliphatic rings. The van der Waals surface area contributed by atoms with E-state index in [1.165, 1.54) is 0 Å². The van der Waals surface area contributed by atoms with E-state index in [9.17, 15) is 9.90 Å². The summed E-state index contributed by atoms with van der Waals surface area (Å²) < 4.78 is 0. The summed E-state index contributed by atoms with van der Waals surface area (Å²) in [5.74, 6) is 0.667. The first-order valence-corrected chi connectivity index (χ1v) is 9.00. The van der Waals surface area contributed by atoms with Crippen LogP contribution in [-0.2, 0) is 0 Å². The van der Waals surface area contributed by atoms with Crippen LogP contribution in [0.15, 0.2) is 12.1 Å². The number of aliphatic hydroxyl groups excluding tert-OH is 1. The Morgan fingerprint density at radius 3 is 2.96 bits per heavy atom. The Hall–Kier alpha value is -2.19. The van der Waals surface area contributed by atoms with Gasteiger partial charge in [0.05, 0.1) is 18.0 Å². The Labute approximate surface area is 146 Å². The van der Waals surface area contributed by atoms with E-state index in [-0.39, 0.29) is 24.6 Å². The number of hydrogen-bond acceptors (Lipinski definition) is 6. The maximum Gasteiger partial charge on any atom is 0.272 e. The van der Waals surface area contributed by atoms with Crippen LogP contribution in [0.25, 0.3) is 11.0 Å². The molecule has 134 valence electrons. The molecule has 4 rings (SSSR count). The maximum atomic E-state index is 12.5. The maximum absolute atomic E-state index is 12.5. The highest BCUT2D eigenvalue weighted by atomic mass is 16.3. The standard InChI is InChI=1S/C17H24N6O2/c24-10-12-2-1-9-23(12)14-4-3-13-15(21-22-16(13)20-14)17(25)19-11-5-7-18-8-6-11/h3-4,11-12,18,24H,1-2,5-10H2,(H,19,25)(H,20,21,22)/t12-/m0/s1. The average Bonchev–Trinajstić information content (AvgIpc) is 3.28. The first-order chi connectivity index (χ1) is 12.3. The van der Waals surface area contributed by atoms with Crippen molar-refractivity contribution in [2.45, 2.75) is 37.8 Å². The molecular weight excluding hydrogens is 320 g/mol. The minimum absolute atomic E-state index is 0.121. The van der Waals surface area contributed by atoms with Gasteiger partial charge in [0, 0.05) is 12.6 Å². The van der Waals surface area contributed by atoms with Crippen molar-refractivity contribution in [1.29, 1.82) is 0 Å². The first-order valence-electron chi connectivity index (χ1n) is 9.00. The molecule has 2 aromatic rings. The van der Waals surface area contributed by atoms with Gasteiger partial charge in [-0.15, -0.1) is 0 Å². The van der Waals surface area contributed by atoms with Crippen LogP contribution >= 0.6 is 0 Å². The van der Waals surface area contributed by atoms with Crippen LogP contribution in [0.2, 0.25) is 0 Å². The van der Waals surface area contributed by atoms with E-state index in [4.69, 9.17) is 0 Å². The molecule has 1 atom stereocenters. The summed E-state index contributed by atoms with van der Waals surface area (Å²) in [5.41, 5.74) is 1.00. The van der Waals surface area contributed by atoms with Crippen molar-refractivity contribution in [2.75, 3.05) is 31.1 Å². The lowest BCUT2D eigenvalue weighted by atomic mass is 10.1. The highest BCUT2D eigenvalue weighted by molar-refractivity contribution is 6.04. The number of amides is 1. The Kier molecular flexibility index (Phi) is 4.54. The van der Waals surface area contributed by atoms with Gasteiger partial charge < -0.3 is 20.6 Å². The Bertz CT molecular complexity index is 755. The smallest absolute Gasteiger partial charge is 0.272 e. The Morgan fingerprint density at radius 1 is 1.32 bits per heavy atom. The Balaban J connectivity index is 1.54. The van der Waals surface area contributed by atoms with Crippen molar-refractivity contribution in [3.05, 3.63) is 17.8 Å². The first kappa shape index (κ1) is 16.3. The van der Waals surface area contributed by atoms with Crippen LogP contribution in [0.4, 0.5) is 5.82 Å². The van der Waals surface area contributed by atoms with Gasteiger partial charge in [-0.25, -0.2) is 4.98 Å². The number of aliphatic hydroxyl groups is 1. The lowest BCUT2D eigenvalue weighted by Crippen LogP contribution is -2.42. The van der Waals surface area contributed by atoms with E-state index in [2.05, 4.69) is 30.7 Å². The Morgan fingerprint density at radius 2 is 2.16 bits per heavy atom. The fourth-order valence-electron chi connectivity index (χ4n) is 3.77. The molecule has 8 nitrogen and oxygen atoms in total. The van der Waals surface area contributed by atoms with E-state index in [0.29, 0.717) is 11.3 Å². The monoisotopic (exact) mass is 344 g/mol. The second-order valence-electron chi connectivity index (χ2n) is 6.81. The molecule has 0 aromatic carbocycles. The van der Waals surface area contributed by atoms with Crippen LogP contribution in [0.5, 0.6) is 0 Å². The summed E-state index contributed by atoms with van der Waals surface area (Å²) in [6.07, 6.45) is 3.91. The zero-order valence-corrected chi connectivity index (χ0v) is 14.2. The number of anilines is 1. The summed E-state index contributed by atoms with van der Waals surface area (Å²) >= 11 is 0. The average molecular weight is 344 g/mol. The van der Waals surface area contributed by atoms with Gasteiger partial charge >= 0.3 is 0 Å². The number of pyridine rings is 1. The third-order valence-corrected chi connectivity index (χ3v) is 5.18. The number of carbonyl (C=O) groups excluding carboxylic acids is 1. The molecule has 0 bridgehead atoms. The van der Waals surface area contributed by atoms with Crippen molar-refractivity contribution in [3.8, 4) is 0 Å². The van der Waals surface area contributed by atoms with Gasteiger partial charge in [0.25, 0.3) is 5.91 Å². The number of fused-ring (bicyclic) bond motifs is 1. The predicted molar refractivity (Wildman–Crippen MR) is 94.7 cm³/mol. The molecule has 8 heteroatoms. The van der Waals surface area contributed by atoms with E-state index in [0.717, 1.165) is 56.5 Å². The number of piperidine rings is 1. The fourth-order valence-corrected chi connectivity index (χ4v) is 3.77. The molecule has 4 N–H and O–H groups in total. The number of nitrogens with one attached hydrogen (secondary N) is 3. The number of rotatable bonds is 4. The third kappa shape index (κ3) is 3.19. The van der Waals surface area contributed by atoms with Gasteiger partial charge in [-0.05, 0) is 50.9 Å². The highest BCUT2D eigenvalue weighted by Gasteiger charge is 2.26. The number of nitrogens with zero attached hydrogens (tertiary/aromatic N) is 3. The molecule has 1 amide bonds. The molecule has 0 unspecified atom stereocenters. The second kappa shape index (κ2) is 6.97. The van der Waals surface area contributed by atoms with Crippen LogP contribution in [0.1, 0.15) is 36.2 Å². The van der Waals surface area contributed by atoms with Crippen molar-refractivity contribution in [3.63, 3.8) is 0 Å². The van der Waals surface area contributed by atoms with Gasteiger partial charge in [-0.2, -0.15) is 5.10 Å². The summed E-state index contributed by atoms with van der Waals surface area (Å²) in [6.45, 7) is 2.88. The van der Waals surface area contributed by atoms with Gasteiger partial charge in [-0.1, -0.05) is 0 Å². The molecule has 2 aromatic heterocycles. The number of carbonyl (C=O) groups is 1. The normalized spacial score (nSPS) is 21.8. The number of aromatic amines is 1. The molecule has 2 fully saturated rings. The largest absolute Gasteiger partial charge is 0.394 e. The van der Waals surface area contributed by atoms with E-state index < -0.39 is 0 Å². The molecule has 0 spiro atoms. The van der Waals surface area contributed by atoms with Crippen molar-refractivity contribution >= 4 is 22.8 Å². The molecule has 25 heavy (non-hydrogen) atoms. The lowest BCUT2D eigenvalue weighted by molar-refractivity contribution is 0.0926. The minimum Gasteiger partial charge on any atom is -0.394 e. The molecule has 2 aliphatic heterocycles. The minimum atomic E-state index is -0.151. The van der Waals surface area contributed by atoms with Crippen LogP contribution in [-0.4, -0.2) is 64.5 Å². The number of aromatic nitrogens is 3. The number of hydrogen-bond donors (Lipinski definition) is 4. The van der Waals surface area contributed by atoms with Gasteiger partial charge in [-0.3, -0.25) is 9.89 Å². The molecular formula is C17H24N6O2. The zero-order chi connectivity index (χ0) is 17.2. The van der Waals surface area contributed by atoms with Crippen molar-refractivity contribution in [2.24, 2.45) is 0 Å². The van der Waals surface area contributed by atoms with Crippen LogP contribution in [0, 0.1) is 0 Å². The SMILES string of the molecule is O=C(NC1CCNCC1)c1n[nH]c2nc(N3CCC[C@H]3CO)ccc12. The quantitative estimate of drug-likeness (QED) is 0.640. The molecule has 4 heterocycles. The third-order valence-electron chi connectivity index (χ3n) is 5.18. The van der Waals surface area contributed by atoms with Gasteiger partial charge in [0.1, 0.15) is 5.82 Å². The molecule has 0 radical (unpaired) electrons. The molecule has 2 saturated heterocycles. The highest BCUT2D eigenvalue weighted by Crippen LogP contribution is 2.26. The van der Waals surface area contributed by atoms with Crippen LogP contribution in [0.3, 0.4) is 0 Å². The second-order valence-corrected chi connectivity index (χ2v) is 6.81. The summed E-state index contributed by atoms with van der Waals surface area (Å²) in [5, 5.41) is 23.6. The zero-order valence-electron chi connectivity index (χ0n) is 14.2. The fraction of sp³-hybridized carbons (Fsp3) is 0.588. The van der Waals surface area contributed by atoms with Crippen molar-refractivity contribution < 1.29 is 9.90 Å². The summed E-state index contributed by atoms with van der Waals surface area (Å²) in [4.78, 5) is 19.3. The lowest BCUT2D eigenvalue weighted by Gasteiger charge is -2.24. The molecule has 0 aliphatic carbocycles. The molecule has 0 saturated carbocycles. The van der Waals surface area contributed by atoms with Crippen molar-refractivity contribution in [1.82, 2.24) is 25.8 Å². The van der Waals surface area contributed by atoms with Gasteiger partial charge in [0.15, 0.2) is 11.3 Å². The van der Waals surface area contributed by atoms with Gasteiger partial charge in [0.2, 0.25) is 0 Å². The van der Waals surface area contributed by atoms with Crippen LogP contribution < -0.4 is 15.5 Å². The predicted octanol–water partition coefficient (Wildman–Crippen LogP) is 0.401. The summed E-state index contributed by atoms with van der Waals surface area (Å²) in [7, 11) is 0. The number of H-pyrrole nitrogens is 1. The topological polar surface area (TPSA) is 106 Å². The van der Waals surface area contributed by atoms with E-state index in [1.54, 1.807) is 0 Å². The summed E-state index contributed by atoms with van der Waals surface area (Å²) in [6, 6.07) is 4.12. The van der Waals surface area contributed by atoms with E-state index in [1.807, 2.05) is 12.1 Å².